The lowest BCUT2D eigenvalue weighted by Gasteiger charge is -2.37. The molecule has 1 aliphatic heterocycles. The van der Waals surface area contributed by atoms with E-state index in [4.69, 9.17) is 16.7 Å². The van der Waals surface area contributed by atoms with Gasteiger partial charge in [-0.3, -0.25) is 14.6 Å². The molecule has 0 amide bonds. The van der Waals surface area contributed by atoms with Gasteiger partial charge in [0.2, 0.25) is 0 Å². The molecule has 0 atom stereocenters. The number of piperidine rings is 1. The van der Waals surface area contributed by atoms with E-state index in [0.29, 0.717) is 17.1 Å². The molecule has 0 saturated carbocycles. The Kier molecular flexibility index (Phi) is 6.17. The summed E-state index contributed by atoms with van der Waals surface area (Å²) in [6, 6.07) is 5.03. The third-order valence-electron chi connectivity index (χ3n) is 4.26. The van der Waals surface area contributed by atoms with Crippen LogP contribution in [0.25, 0.3) is 0 Å². The minimum absolute atomic E-state index is 0.0836. The van der Waals surface area contributed by atoms with E-state index in [9.17, 15) is 9.18 Å². The lowest BCUT2D eigenvalue weighted by molar-refractivity contribution is -0.139. The zero-order valence-electron chi connectivity index (χ0n) is 12.8. The van der Waals surface area contributed by atoms with Crippen LogP contribution in [-0.4, -0.2) is 53.1 Å². The quantitative estimate of drug-likeness (QED) is 0.872. The summed E-state index contributed by atoms with van der Waals surface area (Å²) in [7, 11) is 0. The Bertz CT molecular complexity index is 499. The van der Waals surface area contributed by atoms with E-state index < -0.39 is 5.97 Å². The van der Waals surface area contributed by atoms with Gasteiger partial charge in [-0.1, -0.05) is 24.6 Å². The van der Waals surface area contributed by atoms with Gasteiger partial charge in [0.05, 0.1) is 6.54 Å². The molecular weight excluding hydrogens is 307 g/mol. The third kappa shape index (κ3) is 4.41. The van der Waals surface area contributed by atoms with E-state index in [1.807, 2.05) is 11.8 Å². The monoisotopic (exact) mass is 328 g/mol. The summed E-state index contributed by atoms with van der Waals surface area (Å²) in [5.74, 6) is -1.06. The second-order valence-corrected chi connectivity index (χ2v) is 6.07. The van der Waals surface area contributed by atoms with Gasteiger partial charge in [0.15, 0.2) is 0 Å². The minimum atomic E-state index is -0.789. The molecular formula is C16H22ClFN2O2. The van der Waals surface area contributed by atoms with Crippen LogP contribution in [0.3, 0.4) is 0 Å². The molecule has 0 radical (unpaired) electrons. The highest BCUT2D eigenvalue weighted by Gasteiger charge is 2.25. The maximum atomic E-state index is 13.8. The van der Waals surface area contributed by atoms with Gasteiger partial charge in [-0.2, -0.15) is 0 Å². The maximum absolute atomic E-state index is 13.8. The van der Waals surface area contributed by atoms with Crippen LogP contribution in [-0.2, 0) is 11.3 Å². The molecule has 1 heterocycles. The molecule has 0 unspecified atom stereocenters. The molecule has 1 N–H and O–H groups in total. The number of rotatable bonds is 6. The molecule has 6 heteroatoms. The van der Waals surface area contributed by atoms with Crippen molar-refractivity contribution in [3.05, 3.63) is 34.6 Å². The first kappa shape index (κ1) is 17.2. The summed E-state index contributed by atoms with van der Waals surface area (Å²) in [5.41, 5.74) is 0.542. The highest BCUT2D eigenvalue weighted by atomic mass is 35.5. The highest BCUT2D eigenvalue weighted by molar-refractivity contribution is 6.31. The first-order chi connectivity index (χ1) is 10.5. The average Bonchev–Trinajstić information content (AvgIpc) is 2.49. The summed E-state index contributed by atoms with van der Waals surface area (Å²) in [5, 5.41) is 9.41. The largest absolute Gasteiger partial charge is 0.480 e. The first-order valence-corrected chi connectivity index (χ1v) is 8.00. The van der Waals surface area contributed by atoms with Gasteiger partial charge in [-0.25, -0.2) is 4.39 Å². The number of likely N-dealkylation sites (N-methyl/N-ethyl adjacent to an activating group) is 1. The summed E-state index contributed by atoms with van der Waals surface area (Å²) < 4.78 is 13.8. The van der Waals surface area contributed by atoms with Crippen molar-refractivity contribution in [2.24, 2.45) is 0 Å². The van der Waals surface area contributed by atoms with Crippen molar-refractivity contribution in [2.45, 2.75) is 32.4 Å². The van der Waals surface area contributed by atoms with Gasteiger partial charge in [-0.15, -0.1) is 0 Å². The molecule has 22 heavy (non-hydrogen) atoms. The van der Waals surface area contributed by atoms with E-state index in [0.717, 1.165) is 32.5 Å². The summed E-state index contributed by atoms with van der Waals surface area (Å²) in [6.07, 6.45) is 1.79. The van der Waals surface area contributed by atoms with Gasteiger partial charge < -0.3 is 5.11 Å². The number of aliphatic carboxylic acids is 1. The highest BCUT2D eigenvalue weighted by Crippen LogP contribution is 2.23. The molecule has 4 nitrogen and oxygen atoms in total. The van der Waals surface area contributed by atoms with Crippen LogP contribution in [0, 0.1) is 5.82 Å². The number of halogens is 2. The van der Waals surface area contributed by atoms with Crippen molar-refractivity contribution in [3.63, 3.8) is 0 Å². The summed E-state index contributed by atoms with van der Waals surface area (Å²) in [6.45, 7) is 4.95. The standard InChI is InChI=1S/C16H22ClFN2O2/c1-2-20(11-16(21)22)12-6-8-19(9-7-12)10-13-14(17)4-3-5-15(13)18/h3-5,12H,2,6-11H2,1H3,(H,21,22). The zero-order valence-corrected chi connectivity index (χ0v) is 13.5. The molecule has 2 rings (SSSR count). The number of likely N-dealkylation sites (tertiary alicyclic amines) is 1. The molecule has 1 aromatic carbocycles. The molecule has 0 bridgehead atoms. The molecule has 0 aromatic heterocycles. The molecule has 1 aliphatic rings. The van der Waals surface area contributed by atoms with E-state index in [1.54, 1.807) is 12.1 Å². The Morgan fingerprint density at radius 1 is 1.45 bits per heavy atom. The van der Waals surface area contributed by atoms with Crippen LogP contribution in [0.15, 0.2) is 18.2 Å². The van der Waals surface area contributed by atoms with E-state index >= 15 is 0 Å². The van der Waals surface area contributed by atoms with Gasteiger partial charge in [0.1, 0.15) is 5.82 Å². The lowest BCUT2D eigenvalue weighted by Crippen LogP contribution is -2.46. The molecule has 1 fully saturated rings. The van der Waals surface area contributed by atoms with Gasteiger partial charge in [0, 0.05) is 23.2 Å². The van der Waals surface area contributed by atoms with Crippen molar-refractivity contribution in [1.29, 1.82) is 0 Å². The predicted molar refractivity (Wildman–Crippen MR) is 84.6 cm³/mol. The number of hydrogen-bond donors (Lipinski definition) is 1. The minimum Gasteiger partial charge on any atom is -0.480 e. The Morgan fingerprint density at radius 3 is 2.68 bits per heavy atom. The second kappa shape index (κ2) is 7.90. The van der Waals surface area contributed by atoms with E-state index in [1.165, 1.54) is 6.07 Å². The first-order valence-electron chi connectivity index (χ1n) is 7.62. The predicted octanol–water partition coefficient (Wildman–Crippen LogP) is 2.85. The fourth-order valence-corrected chi connectivity index (χ4v) is 3.25. The fourth-order valence-electron chi connectivity index (χ4n) is 3.02. The van der Waals surface area contributed by atoms with Gasteiger partial charge in [0.25, 0.3) is 0 Å². The zero-order chi connectivity index (χ0) is 16.1. The smallest absolute Gasteiger partial charge is 0.317 e. The van der Waals surface area contributed by atoms with Crippen molar-refractivity contribution >= 4 is 17.6 Å². The number of carbonyl (C=O) groups is 1. The summed E-state index contributed by atoms with van der Waals surface area (Å²) in [4.78, 5) is 15.1. The molecule has 1 aromatic rings. The maximum Gasteiger partial charge on any atom is 0.317 e. The van der Waals surface area contributed by atoms with Crippen molar-refractivity contribution < 1.29 is 14.3 Å². The Morgan fingerprint density at radius 2 is 2.14 bits per heavy atom. The van der Waals surface area contributed by atoms with Crippen LogP contribution in [0.1, 0.15) is 25.3 Å². The summed E-state index contributed by atoms with van der Waals surface area (Å²) >= 11 is 6.07. The molecule has 122 valence electrons. The number of benzene rings is 1. The lowest BCUT2D eigenvalue weighted by atomic mass is 10.0. The Labute approximate surface area is 135 Å². The van der Waals surface area contributed by atoms with Crippen LogP contribution >= 0.6 is 11.6 Å². The van der Waals surface area contributed by atoms with E-state index in [2.05, 4.69) is 4.90 Å². The fraction of sp³-hybridized carbons (Fsp3) is 0.562. The SMILES string of the molecule is CCN(CC(=O)O)C1CCN(Cc2c(F)cccc2Cl)CC1. The van der Waals surface area contributed by atoms with Crippen LogP contribution in [0.5, 0.6) is 0 Å². The van der Waals surface area contributed by atoms with Gasteiger partial charge in [-0.05, 0) is 44.6 Å². The average molecular weight is 329 g/mol. The Balaban J connectivity index is 1.91. The van der Waals surface area contributed by atoms with Crippen molar-refractivity contribution in [3.8, 4) is 0 Å². The second-order valence-electron chi connectivity index (χ2n) is 5.66. The number of nitrogens with zero attached hydrogens (tertiary/aromatic N) is 2. The Hall–Kier alpha value is -1.17. The number of hydrogen-bond acceptors (Lipinski definition) is 3. The van der Waals surface area contributed by atoms with Crippen LogP contribution < -0.4 is 0 Å². The molecule has 0 spiro atoms. The van der Waals surface area contributed by atoms with Crippen LogP contribution in [0.4, 0.5) is 4.39 Å². The van der Waals surface area contributed by atoms with Crippen molar-refractivity contribution in [2.75, 3.05) is 26.2 Å². The third-order valence-corrected chi connectivity index (χ3v) is 4.62. The topological polar surface area (TPSA) is 43.8 Å². The van der Waals surface area contributed by atoms with Crippen molar-refractivity contribution in [1.82, 2.24) is 9.80 Å². The molecule has 0 aliphatic carbocycles. The van der Waals surface area contributed by atoms with Gasteiger partial charge >= 0.3 is 5.97 Å². The van der Waals surface area contributed by atoms with E-state index in [-0.39, 0.29) is 18.4 Å². The normalized spacial score (nSPS) is 17.1. The van der Waals surface area contributed by atoms with Crippen LogP contribution in [0.2, 0.25) is 5.02 Å². The number of carboxylic acid groups (broad SMARTS) is 1. The number of carboxylic acids is 1. The molecule has 1 saturated heterocycles.